The summed E-state index contributed by atoms with van der Waals surface area (Å²) in [6, 6.07) is 10.6. The first-order valence-electron chi connectivity index (χ1n) is 6.57. The van der Waals surface area contributed by atoms with Crippen LogP contribution >= 0.6 is 0 Å². The van der Waals surface area contributed by atoms with Gasteiger partial charge < -0.3 is 10.6 Å². The van der Waals surface area contributed by atoms with Crippen molar-refractivity contribution in [2.45, 2.75) is 18.9 Å². The minimum atomic E-state index is 0.0751. The van der Waals surface area contributed by atoms with Gasteiger partial charge in [0.05, 0.1) is 0 Å². The van der Waals surface area contributed by atoms with E-state index in [4.69, 9.17) is 5.73 Å². The molecule has 2 N–H and O–H groups in total. The van der Waals surface area contributed by atoms with Crippen LogP contribution in [-0.2, 0) is 13.5 Å². The fourth-order valence-corrected chi connectivity index (χ4v) is 2.14. The molecule has 0 fully saturated rings. The Bertz CT molecular complexity index is 513. The summed E-state index contributed by atoms with van der Waals surface area (Å²) in [5.74, 6) is 0. The molecule has 2 rings (SSSR count). The number of benzene rings is 1. The van der Waals surface area contributed by atoms with Gasteiger partial charge in [-0.25, -0.2) is 0 Å². The largest absolute Gasteiger partial charge is 0.378 e. The van der Waals surface area contributed by atoms with Gasteiger partial charge in [0, 0.05) is 44.8 Å². The maximum absolute atomic E-state index is 6.24. The second kappa shape index (κ2) is 5.89. The molecule has 0 bridgehead atoms. The molecular formula is C15H22N4. The summed E-state index contributed by atoms with van der Waals surface area (Å²) < 4.78 is 1.90. The molecule has 0 saturated carbocycles. The summed E-state index contributed by atoms with van der Waals surface area (Å²) in [5.41, 5.74) is 9.85. The lowest BCUT2D eigenvalue weighted by Crippen LogP contribution is -2.13. The molecule has 0 radical (unpaired) electrons. The third kappa shape index (κ3) is 3.35. The summed E-state index contributed by atoms with van der Waals surface area (Å²) in [6.45, 7) is 0. The van der Waals surface area contributed by atoms with Crippen molar-refractivity contribution in [1.29, 1.82) is 0 Å². The van der Waals surface area contributed by atoms with Crippen LogP contribution in [0.2, 0.25) is 0 Å². The van der Waals surface area contributed by atoms with E-state index in [2.05, 4.69) is 34.3 Å². The Kier molecular flexibility index (Phi) is 4.22. The molecule has 19 heavy (non-hydrogen) atoms. The zero-order valence-electron chi connectivity index (χ0n) is 11.9. The molecular weight excluding hydrogens is 236 g/mol. The summed E-state index contributed by atoms with van der Waals surface area (Å²) in [7, 11) is 6.04. The standard InChI is InChI=1S/C15H22N4/c1-18(2)13-6-4-12(5-7-13)15(16)9-8-14-10-11-17-19(14)3/h4-7,10-11,15H,8-9,16H2,1-3H3. The van der Waals surface area contributed by atoms with Crippen molar-refractivity contribution in [1.82, 2.24) is 9.78 Å². The highest BCUT2D eigenvalue weighted by Gasteiger charge is 2.08. The van der Waals surface area contributed by atoms with E-state index in [-0.39, 0.29) is 6.04 Å². The van der Waals surface area contributed by atoms with Crippen molar-refractivity contribution in [3.8, 4) is 0 Å². The maximum atomic E-state index is 6.24. The van der Waals surface area contributed by atoms with Gasteiger partial charge in [-0.05, 0) is 36.6 Å². The summed E-state index contributed by atoms with van der Waals surface area (Å²) in [4.78, 5) is 2.09. The van der Waals surface area contributed by atoms with Crippen LogP contribution in [0, 0.1) is 0 Å². The molecule has 1 aromatic carbocycles. The lowest BCUT2D eigenvalue weighted by atomic mass is 10.0. The minimum Gasteiger partial charge on any atom is -0.378 e. The van der Waals surface area contributed by atoms with Gasteiger partial charge in [0.15, 0.2) is 0 Å². The molecule has 1 aromatic heterocycles. The molecule has 0 saturated heterocycles. The predicted octanol–water partition coefficient (Wildman–Crippen LogP) is 2.12. The van der Waals surface area contributed by atoms with E-state index in [0.29, 0.717) is 0 Å². The number of aryl methyl sites for hydroxylation is 2. The number of nitrogens with two attached hydrogens (primary N) is 1. The Labute approximate surface area is 114 Å². The van der Waals surface area contributed by atoms with E-state index in [1.807, 2.05) is 38.1 Å². The van der Waals surface area contributed by atoms with Crippen LogP contribution in [0.3, 0.4) is 0 Å². The van der Waals surface area contributed by atoms with E-state index in [1.54, 1.807) is 0 Å². The van der Waals surface area contributed by atoms with Crippen LogP contribution in [0.1, 0.15) is 23.7 Å². The first kappa shape index (κ1) is 13.6. The molecule has 0 spiro atoms. The predicted molar refractivity (Wildman–Crippen MR) is 79.2 cm³/mol. The summed E-state index contributed by atoms with van der Waals surface area (Å²) in [6.07, 6.45) is 3.71. The lowest BCUT2D eigenvalue weighted by molar-refractivity contribution is 0.614. The second-order valence-electron chi connectivity index (χ2n) is 5.08. The number of nitrogens with zero attached hydrogens (tertiary/aromatic N) is 3. The Morgan fingerprint density at radius 1 is 1.21 bits per heavy atom. The van der Waals surface area contributed by atoms with Gasteiger partial charge >= 0.3 is 0 Å². The molecule has 102 valence electrons. The van der Waals surface area contributed by atoms with Gasteiger partial charge in [0.1, 0.15) is 0 Å². The van der Waals surface area contributed by atoms with Crippen LogP contribution in [-0.4, -0.2) is 23.9 Å². The second-order valence-corrected chi connectivity index (χ2v) is 5.08. The molecule has 0 aliphatic carbocycles. The maximum Gasteiger partial charge on any atom is 0.0492 e. The fourth-order valence-electron chi connectivity index (χ4n) is 2.14. The zero-order valence-corrected chi connectivity index (χ0v) is 11.9. The van der Waals surface area contributed by atoms with E-state index in [0.717, 1.165) is 12.8 Å². The Morgan fingerprint density at radius 3 is 2.42 bits per heavy atom. The molecule has 0 amide bonds. The van der Waals surface area contributed by atoms with Gasteiger partial charge in [-0.2, -0.15) is 5.10 Å². The molecule has 1 heterocycles. The van der Waals surface area contributed by atoms with E-state index < -0.39 is 0 Å². The fraction of sp³-hybridized carbons (Fsp3) is 0.400. The minimum absolute atomic E-state index is 0.0751. The topological polar surface area (TPSA) is 47.1 Å². The monoisotopic (exact) mass is 258 g/mol. The van der Waals surface area contributed by atoms with Gasteiger partial charge in [-0.15, -0.1) is 0 Å². The van der Waals surface area contributed by atoms with Crippen LogP contribution in [0.15, 0.2) is 36.5 Å². The molecule has 1 atom stereocenters. The Balaban J connectivity index is 1.96. The van der Waals surface area contributed by atoms with Crippen LogP contribution < -0.4 is 10.6 Å². The van der Waals surface area contributed by atoms with Crippen molar-refractivity contribution >= 4 is 5.69 Å². The zero-order chi connectivity index (χ0) is 13.8. The van der Waals surface area contributed by atoms with Crippen molar-refractivity contribution in [2.24, 2.45) is 12.8 Å². The number of hydrogen-bond donors (Lipinski definition) is 1. The van der Waals surface area contributed by atoms with Gasteiger partial charge in [0.25, 0.3) is 0 Å². The number of hydrogen-bond acceptors (Lipinski definition) is 3. The average Bonchev–Trinajstić information content (AvgIpc) is 2.81. The Hall–Kier alpha value is -1.81. The Morgan fingerprint density at radius 2 is 1.89 bits per heavy atom. The average molecular weight is 258 g/mol. The third-order valence-electron chi connectivity index (χ3n) is 3.47. The first-order valence-corrected chi connectivity index (χ1v) is 6.57. The van der Waals surface area contributed by atoms with E-state index in [1.165, 1.54) is 16.9 Å². The quantitative estimate of drug-likeness (QED) is 0.893. The lowest BCUT2D eigenvalue weighted by Gasteiger charge is -2.16. The summed E-state index contributed by atoms with van der Waals surface area (Å²) >= 11 is 0. The van der Waals surface area contributed by atoms with Crippen molar-refractivity contribution < 1.29 is 0 Å². The third-order valence-corrected chi connectivity index (χ3v) is 3.47. The molecule has 2 aromatic rings. The SMILES string of the molecule is CN(C)c1ccc(C(N)CCc2ccnn2C)cc1. The summed E-state index contributed by atoms with van der Waals surface area (Å²) in [5, 5.41) is 4.17. The van der Waals surface area contributed by atoms with Gasteiger partial charge in [-0.3, -0.25) is 4.68 Å². The van der Waals surface area contributed by atoms with Gasteiger partial charge in [0.2, 0.25) is 0 Å². The number of rotatable bonds is 5. The molecule has 4 heteroatoms. The van der Waals surface area contributed by atoms with Crippen molar-refractivity contribution in [3.63, 3.8) is 0 Å². The van der Waals surface area contributed by atoms with Crippen LogP contribution in [0.5, 0.6) is 0 Å². The number of anilines is 1. The molecule has 1 unspecified atom stereocenters. The molecule has 0 aliphatic heterocycles. The highest BCUT2D eigenvalue weighted by atomic mass is 15.2. The van der Waals surface area contributed by atoms with Crippen molar-refractivity contribution in [2.75, 3.05) is 19.0 Å². The molecule has 4 nitrogen and oxygen atoms in total. The van der Waals surface area contributed by atoms with E-state index in [9.17, 15) is 0 Å². The van der Waals surface area contributed by atoms with Gasteiger partial charge in [-0.1, -0.05) is 12.1 Å². The van der Waals surface area contributed by atoms with E-state index >= 15 is 0 Å². The molecule has 0 aliphatic rings. The highest BCUT2D eigenvalue weighted by molar-refractivity contribution is 5.46. The van der Waals surface area contributed by atoms with Crippen LogP contribution in [0.25, 0.3) is 0 Å². The highest BCUT2D eigenvalue weighted by Crippen LogP contribution is 2.20. The normalized spacial score (nSPS) is 12.4. The number of aromatic nitrogens is 2. The van der Waals surface area contributed by atoms with Crippen LogP contribution in [0.4, 0.5) is 5.69 Å². The van der Waals surface area contributed by atoms with Crippen molar-refractivity contribution in [3.05, 3.63) is 47.8 Å². The first-order chi connectivity index (χ1) is 9.08. The smallest absolute Gasteiger partial charge is 0.0492 e.